The van der Waals surface area contributed by atoms with Crippen LogP contribution in [0.5, 0.6) is 0 Å². The summed E-state index contributed by atoms with van der Waals surface area (Å²) in [7, 11) is 0. The van der Waals surface area contributed by atoms with Crippen LogP contribution in [0.1, 0.15) is 27.7 Å². The number of carbonyl (C=O) groups is 4. The van der Waals surface area contributed by atoms with E-state index in [0.29, 0.717) is 26.4 Å². The topological polar surface area (TPSA) is 168 Å². The third kappa shape index (κ3) is 11.4. The Hall–Kier alpha value is -2.32. The van der Waals surface area contributed by atoms with Crippen molar-refractivity contribution in [2.75, 3.05) is 46.2 Å². The monoisotopic (exact) mass is 479 g/mol. The molecule has 0 radical (unpaired) electrons. The fourth-order valence-electron chi connectivity index (χ4n) is 2.95. The second-order valence-corrected chi connectivity index (χ2v) is 6.95. The molecule has 13 heteroatoms. The molecule has 1 rings (SSSR count). The lowest BCUT2D eigenvalue weighted by atomic mass is 9.98. The Morgan fingerprint density at radius 3 is 1.76 bits per heavy atom. The molecule has 0 aromatic heterocycles. The van der Waals surface area contributed by atoms with Crippen LogP contribution in [0.3, 0.4) is 0 Å². The van der Waals surface area contributed by atoms with Crippen LogP contribution in [0, 0.1) is 0 Å². The van der Waals surface area contributed by atoms with Crippen LogP contribution in [-0.4, -0.2) is 101 Å². The quantitative estimate of drug-likeness (QED) is 0.185. The van der Waals surface area contributed by atoms with Crippen LogP contribution in [0.2, 0.25) is 0 Å². The summed E-state index contributed by atoms with van der Waals surface area (Å²) in [5, 5.41) is 0. The number of hydrogen-bond donors (Lipinski definition) is 1. The molecule has 1 aliphatic heterocycles. The normalized spacial score (nSPS) is 24.6. The standard InChI is InChI=1S/C20H33NO12/c1-12(22)29-11-16-17(30-13(2)23)18(31-14(3)24)19(32-15(4)25)20(33-16)28-10-9-27-8-7-26-6-5-21/h16-20H,5-11,21H2,1-4H3/t16?,17-,18?,19-,20+/m0/s1. The minimum atomic E-state index is -1.28. The van der Waals surface area contributed by atoms with Gasteiger partial charge in [0.05, 0.1) is 33.0 Å². The van der Waals surface area contributed by atoms with E-state index in [1.807, 2.05) is 0 Å². The van der Waals surface area contributed by atoms with E-state index >= 15 is 0 Å². The Morgan fingerprint density at radius 2 is 1.21 bits per heavy atom. The molecular weight excluding hydrogens is 446 g/mol. The lowest BCUT2D eigenvalue weighted by Gasteiger charge is -2.44. The van der Waals surface area contributed by atoms with Crippen LogP contribution in [0.4, 0.5) is 0 Å². The fraction of sp³-hybridized carbons (Fsp3) is 0.800. The van der Waals surface area contributed by atoms with Gasteiger partial charge in [-0.1, -0.05) is 0 Å². The first-order valence-corrected chi connectivity index (χ1v) is 10.4. The van der Waals surface area contributed by atoms with Crippen molar-refractivity contribution in [1.29, 1.82) is 0 Å². The van der Waals surface area contributed by atoms with E-state index in [2.05, 4.69) is 0 Å². The molecule has 5 atom stereocenters. The Morgan fingerprint density at radius 1 is 0.697 bits per heavy atom. The molecule has 2 N–H and O–H groups in total. The first-order valence-electron chi connectivity index (χ1n) is 10.4. The minimum absolute atomic E-state index is 0.0185. The summed E-state index contributed by atoms with van der Waals surface area (Å²) in [5.74, 6) is -2.74. The van der Waals surface area contributed by atoms with Crippen molar-refractivity contribution in [1.82, 2.24) is 0 Å². The van der Waals surface area contributed by atoms with Crippen molar-refractivity contribution in [3.8, 4) is 0 Å². The molecule has 0 amide bonds. The summed E-state index contributed by atoms with van der Waals surface area (Å²) in [6, 6.07) is 0. The number of nitrogens with two attached hydrogens (primary N) is 1. The van der Waals surface area contributed by atoms with Gasteiger partial charge in [-0.05, 0) is 0 Å². The first kappa shape index (κ1) is 28.7. The minimum Gasteiger partial charge on any atom is -0.463 e. The molecule has 0 saturated carbocycles. The Labute approximate surface area is 192 Å². The zero-order valence-corrected chi connectivity index (χ0v) is 19.3. The predicted molar refractivity (Wildman–Crippen MR) is 109 cm³/mol. The van der Waals surface area contributed by atoms with Gasteiger partial charge in [0.25, 0.3) is 0 Å². The average Bonchev–Trinajstić information content (AvgIpc) is 2.71. The molecule has 13 nitrogen and oxygen atoms in total. The van der Waals surface area contributed by atoms with E-state index in [1.54, 1.807) is 0 Å². The van der Waals surface area contributed by atoms with E-state index in [1.165, 1.54) is 6.92 Å². The molecule has 0 aliphatic carbocycles. The maximum atomic E-state index is 11.8. The first-order chi connectivity index (χ1) is 15.6. The zero-order valence-electron chi connectivity index (χ0n) is 19.3. The average molecular weight is 479 g/mol. The van der Waals surface area contributed by atoms with Crippen molar-refractivity contribution in [2.24, 2.45) is 5.73 Å². The van der Waals surface area contributed by atoms with Crippen LogP contribution in [0.25, 0.3) is 0 Å². The van der Waals surface area contributed by atoms with Crippen molar-refractivity contribution in [3.63, 3.8) is 0 Å². The smallest absolute Gasteiger partial charge is 0.303 e. The van der Waals surface area contributed by atoms with Gasteiger partial charge >= 0.3 is 23.9 Å². The molecule has 1 aliphatic rings. The summed E-state index contributed by atoms with van der Waals surface area (Å²) in [5.41, 5.74) is 5.33. The van der Waals surface area contributed by atoms with Gasteiger partial charge in [0, 0.05) is 34.2 Å². The fourth-order valence-corrected chi connectivity index (χ4v) is 2.95. The lowest BCUT2D eigenvalue weighted by Crippen LogP contribution is -2.63. The summed E-state index contributed by atoms with van der Waals surface area (Å²) >= 11 is 0. The van der Waals surface area contributed by atoms with Gasteiger partial charge in [0.15, 0.2) is 24.6 Å². The number of rotatable bonds is 14. The van der Waals surface area contributed by atoms with Crippen LogP contribution < -0.4 is 5.73 Å². The molecule has 1 heterocycles. The Kier molecular flexibility index (Phi) is 13.5. The second-order valence-electron chi connectivity index (χ2n) is 6.95. The molecular formula is C20H33NO12. The third-order valence-electron chi connectivity index (χ3n) is 4.09. The highest BCUT2D eigenvalue weighted by Crippen LogP contribution is 2.29. The van der Waals surface area contributed by atoms with Crippen LogP contribution in [-0.2, 0) is 57.1 Å². The van der Waals surface area contributed by atoms with Gasteiger partial charge in [-0.3, -0.25) is 19.2 Å². The molecule has 190 valence electrons. The van der Waals surface area contributed by atoms with Crippen molar-refractivity contribution in [2.45, 2.75) is 58.4 Å². The van der Waals surface area contributed by atoms with E-state index < -0.39 is 54.6 Å². The zero-order chi connectivity index (χ0) is 24.8. The van der Waals surface area contributed by atoms with E-state index in [-0.39, 0.29) is 19.8 Å². The lowest BCUT2D eigenvalue weighted by molar-refractivity contribution is -0.309. The Balaban J connectivity index is 2.95. The maximum absolute atomic E-state index is 11.8. The van der Waals surface area contributed by atoms with E-state index in [9.17, 15) is 19.2 Å². The number of esters is 4. The van der Waals surface area contributed by atoms with Gasteiger partial charge in [0.2, 0.25) is 0 Å². The van der Waals surface area contributed by atoms with E-state index in [4.69, 9.17) is 43.6 Å². The van der Waals surface area contributed by atoms with E-state index in [0.717, 1.165) is 20.8 Å². The predicted octanol–water partition coefficient (Wildman–Crippen LogP) is -0.922. The summed E-state index contributed by atoms with van der Waals surface area (Å²) in [6.45, 7) is 5.97. The van der Waals surface area contributed by atoms with Crippen LogP contribution in [0.15, 0.2) is 0 Å². The number of hydrogen-bond acceptors (Lipinski definition) is 13. The SMILES string of the molecule is CC(=O)OCC1O[C@@H](OCCOCCOCCN)[C@@H](OC(C)=O)C(OC(C)=O)[C@H]1OC(C)=O. The van der Waals surface area contributed by atoms with Crippen LogP contribution >= 0.6 is 0 Å². The highest BCUT2D eigenvalue weighted by atomic mass is 16.7. The molecule has 0 bridgehead atoms. The van der Waals surface area contributed by atoms with Gasteiger partial charge in [-0.15, -0.1) is 0 Å². The number of carbonyl (C=O) groups excluding carboxylic acids is 4. The molecule has 1 fully saturated rings. The van der Waals surface area contributed by atoms with Crippen molar-refractivity contribution >= 4 is 23.9 Å². The molecule has 1 saturated heterocycles. The van der Waals surface area contributed by atoms with Gasteiger partial charge in [-0.25, -0.2) is 0 Å². The summed E-state index contributed by atoms with van der Waals surface area (Å²) in [4.78, 5) is 46.4. The summed E-state index contributed by atoms with van der Waals surface area (Å²) < 4.78 is 42.9. The second kappa shape index (κ2) is 15.5. The number of ether oxygens (including phenoxy) is 8. The highest BCUT2D eigenvalue weighted by molar-refractivity contribution is 5.68. The molecule has 0 aromatic rings. The van der Waals surface area contributed by atoms with Gasteiger partial charge in [-0.2, -0.15) is 0 Å². The highest BCUT2D eigenvalue weighted by Gasteiger charge is 2.52. The maximum Gasteiger partial charge on any atom is 0.303 e. The largest absolute Gasteiger partial charge is 0.463 e. The van der Waals surface area contributed by atoms with Crippen molar-refractivity contribution < 1.29 is 57.1 Å². The molecule has 0 spiro atoms. The Bertz CT molecular complexity index is 643. The van der Waals surface area contributed by atoms with Gasteiger partial charge in [0.1, 0.15) is 12.7 Å². The molecule has 2 unspecified atom stereocenters. The molecule has 0 aromatic carbocycles. The molecule has 33 heavy (non-hydrogen) atoms. The third-order valence-corrected chi connectivity index (χ3v) is 4.09. The summed E-state index contributed by atoms with van der Waals surface area (Å²) in [6.07, 6.45) is -6.07. The van der Waals surface area contributed by atoms with Crippen molar-refractivity contribution in [3.05, 3.63) is 0 Å². The van der Waals surface area contributed by atoms with Gasteiger partial charge < -0.3 is 43.6 Å².